The molecule has 2 fully saturated rings. The number of ketones is 1. The fourth-order valence-corrected chi connectivity index (χ4v) is 7.00. The fraction of sp³-hybridized carbons (Fsp3) is 0.600. The average molecular weight is 727 g/mol. The van der Waals surface area contributed by atoms with Gasteiger partial charge in [-0.25, -0.2) is 9.48 Å². The number of carbonyl (C=O) groups is 6. The molecule has 0 bridgehead atoms. The second-order valence-corrected chi connectivity index (χ2v) is 14.0. The van der Waals surface area contributed by atoms with E-state index in [1.165, 1.54) is 22.9 Å². The molecule has 1 saturated heterocycles. The minimum Gasteiger partial charge on any atom is -0.497 e. The van der Waals surface area contributed by atoms with Gasteiger partial charge in [-0.1, -0.05) is 43.4 Å². The Morgan fingerprint density at radius 2 is 1.79 bits per heavy atom. The van der Waals surface area contributed by atoms with Gasteiger partial charge in [-0.2, -0.15) is 0 Å². The van der Waals surface area contributed by atoms with Crippen LogP contribution < -0.4 is 26.4 Å². The molecule has 0 radical (unpaired) electrons. The molecular formula is C35H50N8O9. The number of carbonyl (C=O) groups excluding carboxylic acids is 5. The number of nitrogens with two attached hydrogens (primary N) is 1. The van der Waals surface area contributed by atoms with Crippen molar-refractivity contribution >= 4 is 35.5 Å². The van der Waals surface area contributed by atoms with Crippen LogP contribution in [0.1, 0.15) is 100 Å². The Hall–Kier alpha value is -5.06. The standard InChI is InChI=1S/C35H50N8O9/c1-35(2,51)28-19-38-41-43(28)23-18-27(32(47)39-25(29(44)30(36)45)14-7-8-15-37-34(49)50)42(20-23)33(48)26(16-21-10-5-4-6-11-21)40-31(46)22-12-9-13-24(17-22)52-3/h9,12-13,17,19,21,23,25-27,37,51H,4-8,10-11,14-16,18,20H2,1-3H3,(H2,36,45)(H,39,47)(H,40,46)(H,49,50)/t23-,25?,26+,27-/m0/s1. The molecule has 1 aliphatic carbocycles. The van der Waals surface area contributed by atoms with Crippen molar-refractivity contribution in [2.24, 2.45) is 11.7 Å². The molecule has 17 heteroatoms. The van der Waals surface area contributed by atoms with Crippen molar-refractivity contribution in [3.63, 3.8) is 0 Å². The zero-order valence-electron chi connectivity index (χ0n) is 29.9. The van der Waals surface area contributed by atoms with Crippen molar-refractivity contribution in [3.05, 3.63) is 41.7 Å². The summed E-state index contributed by atoms with van der Waals surface area (Å²) in [5.41, 5.74) is 4.60. The molecule has 1 saturated carbocycles. The van der Waals surface area contributed by atoms with E-state index in [2.05, 4.69) is 26.3 Å². The number of amides is 5. The van der Waals surface area contributed by atoms with Gasteiger partial charge >= 0.3 is 6.09 Å². The van der Waals surface area contributed by atoms with Crippen LogP contribution in [0, 0.1) is 5.92 Å². The van der Waals surface area contributed by atoms with Gasteiger partial charge in [-0.15, -0.1) is 5.10 Å². The minimum absolute atomic E-state index is 0.00820. The van der Waals surface area contributed by atoms with Gasteiger partial charge < -0.3 is 41.5 Å². The number of aliphatic hydroxyl groups is 1. The third-order valence-corrected chi connectivity index (χ3v) is 9.71. The number of ether oxygens (including phenoxy) is 1. The van der Waals surface area contributed by atoms with Crippen LogP contribution in [-0.2, 0) is 24.8 Å². The fourth-order valence-electron chi connectivity index (χ4n) is 7.00. The molecule has 7 N–H and O–H groups in total. The van der Waals surface area contributed by atoms with E-state index in [0.29, 0.717) is 24.3 Å². The Kier molecular flexibility index (Phi) is 13.7. The van der Waals surface area contributed by atoms with Crippen LogP contribution in [0.3, 0.4) is 0 Å². The van der Waals surface area contributed by atoms with Crippen LogP contribution in [0.5, 0.6) is 5.75 Å². The number of rotatable bonds is 17. The number of nitrogens with one attached hydrogen (secondary N) is 3. The largest absolute Gasteiger partial charge is 0.497 e. The number of benzene rings is 1. The molecule has 2 heterocycles. The average Bonchev–Trinajstić information content (AvgIpc) is 3.79. The molecule has 4 atom stereocenters. The second-order valence-electron chi connectivity index (χ2n) is 14.0. The monoisotopic (exact) mass is 726 g/mol. The Balaban J connectivity index is 1.65. The maximum Gasteiger partial charge on any atom is 0.404 e. The van der Waals surface area contributed by atoms with Gasteiger partial charge in [0.2, 0.25) is 17.6 Å². The first-order chi connectivity index (χ1) is 24.7. The van der Waals surface area contributed by atoms with Crippen molar-refractivity contribution in [1.82, 2.24) is 35.8 Å². The second kappa shape index (κ2) is 17.9. The van der Waals surface area contributed by atoms with Gasteiger partial charge in [-0.05, 0) is 63.6 Å². The molecule has 284 valence electrons. The van der Waals surface area contributed by atoms with E-state index >= 15 is 0 Å². The highest BCUT2D eigenvalue weighted by molar-refractivity contribution is 6.37. The quantitative estimate of drug-likeness (QED) is 0.100. The molecule has 0 spiro atoms. The van der Waals surface area contributed by atoms with Crippen molar-refractivity contribution in [2.45, 2.75) is 108 Å². The molecule has 17 nitrogen and oxygen atoms in total. The summed E-state index contributed by atoms with van der Waals surface area (Å²) in [6, 6.07) is 2.41. The van der Waals surface area contributed by atoms with E-state index < -0.39 is 65.3 Å². The predicted octanol–water partition coefficient (Wildman–Crippen LogP) is 1.40. The molecule has 52 heavy (non-hydrogen) atoms. The van der Waals surface area contributed by atoms with Crippen LogP contribution in [0.2, 0.25) is 0 Å². The molecular weight excluding hydrogens is 676 g/mol. The third kappa shape index (κ3) is 10.5. The van der Waals surface area contributed by atoms with Gasteiger partial charge in [0.25, 0.3) is 11.8 Å². The summed E-state index contributed by atoms with van der Waals surface area (Å²) >= 11 is 0. The Morgan fingerprint density at radius 1 is 1.06 bits per heavy atom. The van der Waals surface area contributed by atoms with Crippen LogP contribution in [0.4, 0.5) is 4.79 Å². The van der Waals surface area contributed by atoms with E-state index in [4.69, 9.17) is 15.6 Å². The summed E-state index contributed by atoms with van der Waals surface area (Å²) in [6.07, 6.45) is 6.00. The highest BCUT2D eigenvalue weighted by Gasteiger charge is 2.45. The predicted molar refractivity (Wildman–Crippen MR) is 186 cm³/mol. The van der Waals surface area contributed by atoms with Crippen LogP contribution in [0.25, 0.3) is 0 Å². The summed E-state index contributed by atoms with van der Waals surface area (Å²) in [7, 11) is 1.48. The summed E-state index contributed by atoms with van der Waals surface area (Å²) < 4.78 is 6.75. The van der Waals surface area contributed by atoms with Gasteiger partial charge in [0, 0.05) is 25.1 Å². The van der Waals surface area contributed by atoms with E-state index in [-0.39, 0.29) is 43.8 Å². The first-order valence-corrected chi connectivity index (χ1v) is 17.7. The highest BCUT2D eigenvalue weighted by atomic mass is 16.5. The lowest BCUT2D eigenvalue weighted by Crippen LogP contribution is -2.56. The molecule has 1 unspecified atom stereocenters. The van der Waals surface area contributed by atoms with Crippen LogP contribution in [-0.4, -0.2) is 104 Å². The third-order valence-electron chi connectivity index (χ3n) is 9.71. The summed E-state index contributed by atoms with van der Waals surface area (Å²) in [5.74, 6) is -3.38. The molecule has 2 aromatic rings. The topological polar surface area (TPSA) is 248 Å². The molecule has 1 aromatic carbocycles. The first kappa shape index (κ1) is 39.7. The number of primary amides is 1. The van der Waals surface area contributed by atoms with Crippen molar-refractivity contribution < 1.29 is 43.7 Å². The van der Waals surface area contributed by atoms with Crippen molar-refractivity contribution in [3.8, 4) is 5.75 Å². The van der Waals surface area contributed by atoms with E-state index in [0.717, 1.165) is 32.1 Å². The number of hydrogen-bond donors (Lipinski definition) is 6. The Labute approximate surface area is 302 Å². The number of nitrogens with zero attached hydrogens (tertiary/aromatic N) is 4. The maximum absolute atomic E-state index is 14.7. The normalized spacial score (nSPS) is 19.0. The van der Waals surface area contributed by atoms with E-state index in [9.17, 15) is 33.9 Å². The number of hydrogen-bond acceptors (Lipinski definition) is 10. The van der Waals surface area contributed by atoms with Gasteiger partial charge in [0.1, 0.15) is 23.4 Å². The lowest BCUT2D eigenvalue weighted by atomic mass is 9.84. The number of aromatic nitrogens is 3. The minimum atomic E-state index is -1.36. The molecule has 5 amide bonds. The molecule has 1 aromatic heterocycles. The van der Waals surface area contributed by atoms with Gasteiger partial charge in [0.15, 0.2) is 0 Å². The molecule has 1 aliphatic heterocycles. The van der Waals surface area contributed by atoms with Crippen LogP contribution in [0.15, 0.2) is 30.5 Å². The number of methoxy groups -OCH3 is 1. The first-order valence-electron chi connectivity index (χ1n) is 17.7. The zero-order valence-corrected chi connectivity index (χ0v) is 29.9. The Morgan fingerprint density at radius 3 is 2.44 bits per heavy atom. The zero-order chi connectivity index (χ0) is 38.0. The van der Waals surface area contributed by atoms with Gasteiger partial charge in [0.05, 0.1) is 31.1 Å². The van der Waals surface area contributed by atoms with E-state index in [1.807, 2.05) is 0 Å². The SMILES string of the molecule is COc1cccc(C(=O)N[C@H](CC2CCCCC2)C(=O)N2C[C@@H](n3nncc3C(C)(C)O)C[C@H]2C(=O)NC(CCCCNC(=O)O)C(=O)C(N)=O)c1. The number of unbranched alkanes of at least 4 members (excludes halogenated alkanes) is 1. The summed E-state index contributed by atoms with van der Waals surface area (Å²) in [4.78, 5) is 79.3. The van der Waals surface area contributed by atoms with Crippen molar-refractivity contribution in [2.75, 3.05) is 20.2 Å². The number of carboxylic acid groups (broad SMARTS) is 1. The number of likely N-dealkylation sites (tertiary alicyclic amines) is 1. The summed E-state index contributed by atoms with van der Waals surface area (Å²) in [5, 5.41) is 35.6. The maximum atomic E-state index is 14.7. The Bertz CT molecular complexity index is 1600. The summed E-state index contributed by atoms with van der Waals surface area (Å²) in [6.45, 7) is 3.18. The smallest absolute Gasteiger partial charge is 0.404 e. The lowest BCUT2D eigenvalue weighted by Gasteiger charge is -2.32. The van der Waals surface area contributed by atoms with Crippen LogP contribution >= 0.6 is 0 Å². The van der Waals surface area contributed by atoms with E-state index in [1.54, 1.807) is 38.1 Å². The number of Topliss-reactive ketones (excluding diaryl/α,β-unsaturated/α-hetero) is 1. The highest BCUT2D eigenvalue weighted by Crippen LogP contribution is 2.33. The molecule has 4 rings (SSSR count). The van der Waals surface area contributed by atoms with Gasteiger partial charge in [-0.3, -0.25) is 24.0 Å². The lowest BCUT2D eigenvalue weighted by molar-refractivity contribution is -0.142. The molecule has 2 aliphatic rings. The van der Waals surface area contributed by atoms with Crippen molar-refractivity contribution in [1.29, 1.82) is 0 Å².